The summed E-state index contributed by atoms with van der Waals surface area (Å²) in [6, 6.07) is 0. The van der Waals surface area contributed by atoms with Crippen LogP contribution in [0, 0.1) is 0 Å². The number of hydrogen-bond acceptors (Lipinski definition) is 11. The predicted octanol–water partition coefficient (Wildman–Crippen LogP) is 15.7. The quantitative estimate of drug-likeness (QED) is 0.0228. The third-order valence-electron chi connectivity index (χ3n) is 14.3. The normalized spacial score (nSPS) is 18.3. The van der Waals surface area contributed by atoms with Crippen molar-refractivity contribution in [2.24, 2.45) is 0 Å². The first-order chi connectivity index (χ1) is 35.6. The molecule has 1 fully saturated rings. The van der Waals surface area contributed by atoms with Crippen molar-refractivity contribution < 1.29 is 58.2 Å². The zero-order chi connectivity index (χ0) is 53.3. The van der Waals surface area contributed by atoms with Crippen molar-refractivity contribution in [3.8, 4) is 0 Å². The van der Waals surface area contributed by atoms with E-state index in [2.05, 4.69) is 32.9 Å². The fraction of sp³-hybridized carbons (Fsp3) is 0.902. The van der Waals surface area contributed by atoms with E-state index in [1.165, 1.54) is 167 Å². The number of rotatable bonds is 53. The van der Waals surface area contributed by atoms with Crippen molar-refractivity contribution >= 4 is 23.9 Å². The molecule has 0 aromatic carbocycles. The van der Waals surface area contributed by atoms with E-state index < -0.39 is 67.3 Å². The minimum atomic E-state index is -1.90. The number of allylic oxidation sites excluding steroid dienone is 2. The summed E-state index contributed by atoms with van der Waals surface area (Å²) in [6.07, 6.45) is 43.3. The van der Waals surface area contributed by atoms with Gasteiger partial charge in [0.05, 0.1) is 6.61 Å². The van der Waals surface area contributed by atoms with Crippen molar-refractivity contribution in [3.63, 3.8) is 0 Å². The lowest BCUT2D eigenvalue weighted by atomic mass is 9.98. The van der Waals surface area contributed by atoms with Gasteiger partial charge in [0.15, 0.2) is 24.6 Å². The number of esters is 3. The lowest BCUT2D eigenvalue weighted by Crippen LogP contribution is -2.61. The van der Waals surface area contributed by atoms with Gasteiger partial charge in [0, 0.05) is 19.3 Å². The van der Waals surface area contributed by atoms with E-state index >= 15 is 0 Å². The van der Waals surface area contributed by atoms with Gasteiger partial charge in [0.2, 0.25) is 0 Å². The first-order valence-electron chi connectivity index (χ1n) is 30.7. The van der Waals surface area contributed by atoms with Crippen molar-refractivity contribution in [3.05, 3.63) is 12.2 Å². The summed E-state index contributed by atoms with van der Waals surface area (Å²) in [5.74, 6) is -3.09. The van der Waals surface area contributed by atoms with Crippen LogP contribution in [0.5, 0.6) is 0 Å². The molecule has 0 radical (unpaired) electrons. The van der Waals surface area contributed by atoms with E-state index in [-0.39, 0.29) is 25.9 Å². The Labute approximate surface area is 446 Å². The summed E-state index contributed by atoms with van der Waals surface area (Å²) >= 11 is 0. The molecule has 0 aromatic heterocycles. The zero-order valence-corrected chi connectivity index (χ0v) is 47.2. The number of carboxylic acids is 1. The Bertz CT molecular complexity index is 1320. The molecule has 1 heterocycles. The SMILES string of the molecule is CCCC/C=C\CCCCCCCC(=O)OC(COC(=O)CCCCCCCCCCCCCCCCC)COC1OC(C(=O)O)C(O)C(O)C1OC(=O)CCCCCCCCCCCCCCCCCCC. The van der Waals surface area contributed by atoms with Crippen LogP contribution >= 0.6 is 0 Å². The molecule has 6 unspecified atom stereocenters. The number of unbranched alkanes of at least 4 members (excludes halogenated alkanes) is 37. The molecule has 12 heteroatoms. The highest BCUT2D eigenvalue weighted by Crippen LogP contribution is 2.27. The fourth-order valence-electron chi connectivity index (χ4n) is 9.59. The molecule has 6 atom stereocenters. The number of carbonyl (C=O) groups excluding carboxylic acids is 3. The standard InChI is InChI=1S/C61H112O12/c1-4-7-10-13-16-19-22-24-26-27-29-31-34-37-40-43-46-49-55(64)72-59-57(66)56(65)58(60(67)68)73-61(59)70-51-52(71-54(63)48-45-42-39-36-32-21-18-15-12-9-6-3)50-69-53(62)47-44-41-38-35-33-30-28-25-23-20-17-14-11-8-5-2/h15,18,52,56-59,61,65-66H,4-14,16-17,19-51H2,1-3H3,(H,67,68)/b18-15-. The van der Waals surface area contributed by atoms with Crippen LogP contribution < -0.4 is 0 Å². The summed E-state index contributed by atoms with van der Waals surface area (Å²) < 4.78 is 28.4. The van der Waals surface area contributed by atoms with E-state index in [9.17, 15) is 34.5 Å². The Morgan fingerprint density at radius 1 is 0.438 bits per heavy atom. The van der Waals surface area contributed by atoms with Gasteiger partial charge in [-0.3, -0.25) is 14.4 Å². The molecule has 0 aliphatic carbocycles. The molecule has 1 aliphatic rings. The monoisotopic (exact) mass is 1040 g/mol. The van der Waals surface area contributed by atoms with Gasteiger partial charge in [-0.15, -0.1) is 0 Å². The van der Waals surface area contributed by atoms with E-state index in [1.54, 1.807) is 0 Å². The van der Waals surface area contributed by atoms with Crippen LogP contribution in [0.25, 0.3) is 0 Å². The molecule has 73 heavy (non-hydrogen) atoms. The molecule has 1 saturated heterocycles. The third kappa shape index (κ3) is 40.4. The minimum Gasteiger partial charge on any atom is -0.479 e. The second-order valence-electron chi connectivity index (χ2n) is 21.4. The number of aliphatic hydroxyl groups is 2. The molecular formula is C61H112O12. The smallest absolute Gasteiger partial charge is 0.335 e. The van der Waals surface area contributed by atoms with Crippen LogP contribution in [0.15, 0.2) is 12.2 Å². The van der Waals surface area contributed by atoms with Gasteiger partial charge >= 0.3 is 23.9 Å². The molecule has 1 rings (SSSR count). The minimum absolute atomic E-state index is 0.0681. The second-order valence-corrected chi connectivity index (χ2v) is 21.4. The fourth-order valence-corrected chi connectivity index (χ4v) is 9.59. The molecule has 1 aliphatic heterocycles. The summed E-state index contributed by atoms with van der Waals surface area (Å²) in [5, 5.41) is 31.5. The highest BCUT2D eigenvalue weighted by Gasteiger charge is 2.50. The van der Waals surface area contributed by atoms with Gasteiger partial charge in [-0.2, -0.15) is 0 Å². The average Bonchev–Trinajstić information content (AvgIpc) is 3.37. The predicted molar refractivity (Wildman–Crippen MR) is 294 cm³/mol. The van der Waals surface area contributed by atoms with E-state index in [0.717, 1.165) is 77.0 Å². The highest BCUT2D eigenvalue weighted by molar-refractivity contribution is 5.74. The van der Waals surface area contributed by atoms with Crippen LogP contribution in [0.2, 0.25) is 0 Å². The zero-order valence-electron chi connectivity index (χ0n) is 47.2. The third-order valence-corrected chi connectivity index (χ3v) is 14.3. The lowest BCUT2D eigenvalue weighted by molar-refractivity contribution is -0.301. The van der Waals surface area contributed by atoms with E-state index in [0.29, 0.717) is 19.3 Å². The summed E-state index contributed by atoms with van der Waals surface area (Å²) in [7, 11) is 0. The highest BCUT2D eigenvalue weighted by atomic mass is 16.7. The van der Waals surface area contributed by atoms with Crippen LogP contribution in [0.4, 0.5) is 0 Å². The van der Waals surface area contributed by atoms with E-state index in [1.807, 2.05) is 0 Å². The Hall–Kier alpha value is -2.54. The van der Waals surface area contributed by atoms with Crippen molar-refractivity contribution in [2.75, 3.05) is 13.2 Å². The van der Waals surface area contributed by atoms with Crippen LogP contribution in [0.1, 0.15) is 303 Å². The summed E-state index contributed by atoms with van der Waals surface area (Å²) in [6.45, 7) is 5.99. The number of ether oxygens (including phenoxy) is 5. The molecule has 0 aromatic rings. The largest absolute Gasteiger partial charge is 0.479 e. The number of aliphatic hydroxyl groups excluding tert-OH is 2. The molecule has 3 N–H and O–H groups in total. The Morgan fingerprint density at radius 3 is 1.21 bits per heavy atom. The second kappa shape index (κ2) is 50.3. The van der Waals surface area contributed by atoms with Gasteiger partial charge < -0.3 is 39.0 Å². The molecule has 0 bridgehead atoms. The number of aliphatic carboxylic acids is 1. The van der Waals surface area contributed by atoms with Crippen molar-refractivity contribution in [1.82, 2.24) is 0 Å². The number of carbonyl (C=O) groups is 4. The van der Waals surface area contributed by atoms with E-state index in [4.69, 9.17) is 23.7 Å². The maximum absolute atomic E-state index is 13.1. The van der Waals surface area contributed by atoms with Crippen molar-refractivity contribution in [2.45, 2.75) is 340 Å². The lowest BCUT2D eigenvalue weighted by Gasteiger charge is -2.40. The van der Waals surface area contributed by atoms with Crippen molar-refractivity contribution in [1.29, 1.82) is 0 Å². The topological polar surface area (TPSA) is 175 Å². The molecule has 0 amide bonds. The van der Waals surface area contributed by atoms with Gasteiger partial charge in [0.25, 0.3) is 0 Å². The molecular weight excluding hydrogens is 925 g/mol. The Morgan fingerprint density at radius 2 is 0.795 bits per heavy atom. The number of hydrogen-bond donors (Lipinski definition) is 3. The van der Waals surface area contributed by atoms with Gasteiger partial charge in [-0.1, -0.05) is 258 Å². The maximum atomic E-state index is 13.1. The van der Waals surface area contributed by atoms with Crippen LogP contribution in [0.3, 0.4) is 0 Å². The molecule has 12 nitrogen and oxygen atoms in total. The summed E-state index contributed by atoms with van der Waals surface area (Å²) in [4.78, 5) is 51.1. The molecule has 428 valence electrons. The van der Waals surface area contributed by atoms with Gasteiger partial charge in [0.1, 0.15) is 18.8 Å². The maximum Gasteiger partial charge on any atom is 0.335 e. The first-order valence-corrected chi connectivity index (χ1v) is 30.7. The average molecular weight is 1040 g/mol. The van der Waals surface area contributed by atoms with Crippen LogP contribution in [-0.4, -0.2) is 89.2 Å². The molecule has 0 saturated carbocycles. The van der Waals surface area contributed by atoms with Crippen LogP contribution in [-0.2, 0) is 42.9 Å². The van der Waals surface area contributed by atoms with Gasteiger partial charge in [-0.25, -0.2) is 4.79 Å². The Balaban J connectivity index is 2.63. The first kappa shape index (κ1) is 68.5. The Kier molecular flexibility index (Phi) is 47.2. The van der Waals surface area contributed by atoms with Gasteiger partial charge in [-0.05, 0) is 38.5 Å². The summed E-state index contributed by atoms with van der Waals surface area (Å²) in [5.41, 5.74) is 0. The number of carboxylic acid groups (broad SMARTS) is 1. The molecule has 0 spiro atoms.